The molecule has 2 aromatic heterocycles. The van der Waals surface area contributed by atoms with E-state index in [1.54, 1.807) is 11.0 Å². The molecule has 162 valence electrons. The second-order valence-electron chi connectivity index (χ2n) is 8.55. The number of benzene rings is 3. The first-order chi connectivity index (χ1) is 16.1. The summed E-state index contributed by atoms with van der Waals surface area (Å²) in [7, 11) is 1.53. The van der Waals surface area contributed by atoms with Crippen molar-refractivity contribution in [3.05, 3.63) is 71.9 Å². The molecule has 0 saturated carbocycles. The highest BCUT2D eigenvalue weighted by Gasteiger charge is 2.49. The predicted octanol–water partition coefficient (Wildman–Crippen LogP) is 4.97. The third-order valence-electron chi connectivity index (χ3n) is 6.87. The first-order valence-electron chi connectivity index (χ1n) is 10.9. The Hall–Kier alpha value is -4.26. The van der Waals surface area contributed by atoms with Crippen LogP contribution in [0.5, 0.6) is 5.75 Å². The van der Waals surface area contributed by atoms with Crippen molar-refractivity contribution >= 4 is 50.5 Å². The molecular formula is C26H19N3O4. The minimum atomic E-state index is -0.536. The standard InChI is InChI=1S/C26H19N3O4/c1-32-24-12-23-17(15-7-3-5-9-22(15)33-23)11-20(24)29-25(30)21-10-16-14-6-2-4-8-18(14)27-19(16)13-28(21)26(29)31/h2-9,11-12,21,27H,10,13H2,1H3. The number of carbonyl (C=O) groups is 2. The molecule has 0 spiro atoms. The molecule has 1 N–H and O–H groups in total. The largest absolute Gasteiger partial charge is 0.494 e. The van der Waals surface area contributed by atoms with Crippen LogP contribution in [-0.2, 0) is 17.8 Å². The van der Waals surface area contributed by atoms with Crippen LogP contribution in [0.4, 0.5) is 10.5 Å². The summed E-state index contributed by atoms with van der Waals surface area (Å²) in [6.07, 6.45) is 0.486. The average molecular weight is 437 g/mol. The van der Waals surface area contributed by atoms with Gasteiger partial charge in [-0.1, -0.05) is 36.4 Å². The molecule has 2 aliphatic rings. The Balaban J connectivity index is 1.35. The molecule has 7 heteroatoms. The van der Waals surface area contributed by atoms with Crippen molar-refractivity contribution in [3.63, 3.8) is 0 Å². The fourth-order valence-corrected chi connectivity index (χ4v) is 5.30. The second kappa shape index (κ2) is 6.38. The van der Waals surface area contributed by atoms with E-state index >= 15 is 0 Å². The second-order valence-corrected chi connectivity index (χ2v) is 8.55. The first-order valence-corrected chi connectivity index (χ1v) is 10.9. The van der Waals surface area contributed by atoms with E-state index in [1.807, 2.05) is 48.5 Å². The van der Waals surface area contributed by atoms with Gasteiger partial charge in [0.05, 0.1) is 19.3 Å². The van der Waals surface area contributed by atoms with Crippen molar-refractivity contribution in [1.82, 2.24) is 9.88 Å². The summed E-state index contributed by atoms with van der Waals surface area (Å²) >= 11 is 0. The molecule has 1 unspecified atom stereocenters. The maximum absolute atomic E-state index is 13.6. The van der Waals surface area contributed by atoms with E-state index in [-0.39, 0.29) is 11.9 Å². The van der Waals surface area contributed by atoms with Crippen LogP contribution in [0.3, 0.4) is 0 Å². The number of hydrogen-bond acceptors (Lipinski definition) is 4. The number of para-hydroxylation sites is 2. The number of carbonyl (C=O) groups excluding carboxylic acids is 2. The van der Waals surface area contributed by atoms with E-state index in [0.717, 1.165) is 38.5 Å². The van der Waals surface area contributed by atoms with Gasteiger partial charge in [0.1, 0.15) is 23.0 Å². The molecular weight excluding hydrogens is 418 g/mol. The molecule has 5 aromatic rings. The number of anilines is 1. The van der Waals surface area contributed by atoms with Gasteiger partial charge in [-0.25, -0.2) is 9.69 Å². The highest BCUT2D eigenvalue weighted by atomic mass is 16.5. The summed E-state index contributed by atoms with van der Waals surface area (Å²) in [6.45, 7) is 0.370. The average Bonchev–Trinajstić information content (AvgIpc) is 3.46. The molecule has 1 atom stereocenters. The molecule has 3 aromatic carbocycles. The van der Waals surface area contributed by atoms with Crippen molar-refractivity contribution in [2.45, 2.75) is 19.0 Å². The van der Waals surface area contributed by atoms with Crippen LogP contribution in [0.25, 0.3) is 32.8 Å². The lowest BCUT2D eigenvalue weighted by Crippen LogP contribution is -2.39. The van der Waals surface area contributed by atoms with E-state index in [0.29, 0.717) is 30.0 Å². The van der Waals surface area contributed by atoms with Gasteiger partial charge in [-0.05, 0) is 23.8 Å². The highest BCUT2D eigenvalue weighted by molar-refractivity contribution is 6.23. The molecule has 7 rings (SSSR count). The fraction of sp³-hybridized carbons (Fsp3) is 0.154. The van der Waals surface area contributed by atoms with Gasteiger partial charge in [0, 0.05) is 39.9 Å². The fourth-order valence-electron chi connectivity index (χ4n) is 5.30. The van der Waals surface area contributed by atoms with Crippen LogP contribution in [0.2, 0.25) is 0 Å². The molecule has 1 fully saturated rings. The van der Waals surface area contributed by atoms with Crippen LogP contribution in [-0.4, -0.2) is 35.0 Å². The molecule has 4 heterocycles. The van der Waals surface area contributed by atoms with Crippen molar-refractivity contribution < 1.29 is 18.7 Å². The highest BCUT2D eigenvalue weighted by Crippen LogP contribution is 2.42. The van der Waals surface area contributed by atoms with Crippen LogP contribution in [0, 0.1) is 0 Å². The van der Waals surface area contributed by atoms with Gasteiger partial charge in [-0.3, -0.25) is 4.79 Å². The Morgan fingerprint density at radius 3 is 2.61 bits per heavy atom. The Morgan fingerprint density at radius 2 is 1.76 bits per heavy atom. The zero-order chi connectivity index (χ0) is 22.3. The minimum absolute atomic E-state index is 0.235. The molecule has 1 saturated heterocycles. The zero-order valence-corrected chi connectivity index (χ0v) is 17.8. The molecule has 0 aliphatic carbocycles. The number of aromatic nitrogens is 1. The molecule has 33 heavy (non-hydrogen) atoms. The number of hydrogen-bond donors (Lipinski definition) is 1. The number of nitrogens with zero attached hydrogens (tertiary/aromatic N) is 2. The lowest BCUT2D eigenvalue weighted by Gasteiger charge is -2.26. The predicted molar refractivity (Wildman–Crippen MR) is 124 cm³/mol. The number of fused-ring (bicyclic) bond motifs is 7. The third kappa shape index (κ3) is 2.39. The normalized spacial score (nSPS) is 17.9. The van der Waals surface area contributed by atoms with Crippen molar-refractivity contribution in [2.75, 3.05) is 12.0 Å². The molecule has 7 nitrogen and oxygen atoms in total. The minimum Gasteiger partial charge on any atom is -0.494 e. The number of methoxy groups -OCH3 is 1. The molecule has 3 amide bonds. The van der Waals surface area contributed by atoms with Gasteiger partial charge in [0.25, 0.3) is 5.91 Å². The number of ether oxygens (including phenoxy) is 1. The summed E-state index contributed by atoms with van der Waals surface area (Å²) in [6, 6.07) is 18.4. The summed E-state index contributed by atoms with van der Waals surface area (Å²) in [4.78, 5) is 33.5. The van der Waals surface area contributed by atoms with E-state index < -0.39 is 6.04 Å². The molecule has 2 aliphatic heterocycles. The SMILES string of the molecule is COc1cc2oc3ccccc3c2cc1N1C(=O)C2Cc3c([nH]c4ccccc34)CN2C1=O. The molecule has 0 radical (unpaired) electrons. The van der Waals surface area contributed by atoms with Gasteiger partial charge < -0.3 is 19.0 Å². The summed E-state index contributed by atoms with van der Waals surface area (Å²) in [5.41, 5.74) is 4.95. The van der Waals surface area contributed by atoms with Gasteiger partial charge in [0.2, 0.25) is 0 Å². The lowest BCUT2D eigenvalue weighted by molar-refractivity contribution is -0.120. The van der Waals surface area contributed by atoms with E-state index in [9.17, 15) is 9.59 Å². The summed E-state index contributed by atoms with van der Waals surface area (Å²) in [5, 5.41) is 2.87. The van der Waals surface area contributed by atoms with Gasteiger partial charge >= 0.3 is 6.03 Å². The van der Waals surface area contributed by atoms with Crippen molar-refractivity contribution in [2.24, 2.45) is 0 Å². The first kappa shape index (κ1) is 18.3. The number of aromatic amines is 1. The quantitative estimate of drug-likeness (QED) is 0.396. The van der Waals surface area contributed by atoms with Crippen LogP contribution >= 0.6 is 0 Å². The smallest absolute Gasteiger partial charge is 0.332 e. The lowest BCUT2D eigenvalue weighted by atomic mass is 9.97. The van der Waals surface area contributed by atoms with Crippen LogP contribution in [0.15, 0.2) is 65.1 Å². The van der Waals surface area contributed by atoms with Gasteiger partial charge in [-0.15, -0.1) is 0 Å². The Bertz CT molecular complexity index is 1630. The number of rotatable bonds is 2. The Kier molecular flexibility index (Phi) is 3.55. The molecule has 0 bridgehead atoms. The van der Waals surface area contributed by atoms with Crippen LogP contribution in [0.1, 0.15) is 11.3 Å². The number of H-pyrrole nitrogens is 1. The van der Waals surface area contributed by atoms with Crippen LogP contribution < -0.4 is 9.64 Å². The number of furan rings is 1. The number of amides is 3. The van der Waals surface area contributed by atoms with E-state index in [1.165, 1.54) is 12.0 Å². The van der Waals surface area contributed by atoms with Crippen molar-refractivity contribution in [1.29, 1.82) is 0 Å². The summed E-state index contributed by atoms with van der Waals surface area (Å²) < 4.78 is 11.5. The Morgan fingerprint density at radius 1 is 0.970 bits per heavy atom. The topological polar surface area (TPSA) is 78.8 Å². The monoisotopic (exact) mass is 437 g/mol. The van der Waals surface area contributed by atoms with E-state index in [4.69, 9.17) is 9.15 Å². The zero-order valence-electron chi connectivity index (χ0n) is 17.8. The third-order valence-corrected chi connectivity index (χ3v) is 6.87. The Labute approximate surface area is 188 Å². The number of imide groups is 1. The van der Waals surface area contributed by atoms with Gasteiger partial charge in [-0.2, -0.15) is 0 Å². The maximum atomic E-state index is 13.6. The maximum Gasteiger partial charge on any atom is 0.332 e. The number of nitrogens with one attached hydrogen (secondary N) is 1. The van der Waals surface area contributed by atoms with Gasteiger partial charge in [0.15, 0.2) is 0 Å². The number of urea groups is 1. The van der Waals surface area contributed by atoms with Crippen molar-refractivity contribution in [3.8, 4) is 5.75 Å². The van der Waals surface area contributed by atoms with E-state index in [2.05, 4.69) is 11.1 Å². The summed E-state index contributed by atoms with van der Waals surface area (Å²) in [5.74, 6) is 0.188.